The minimum atomic E-state index is -1.61. The number of carboxylic acids is 1. The van der Waals surface area contributed by atoms with E-state index in [1.54, 1.807) is 0 Å². The first-order chi connectivity index (χ1) is 9.09. The van der Waals surface area contributed by atoms with Gasteiger partial charge in [-0.25, -0.2) is 9.59 Å². The van der Waals surface area contributed by atoms with Gasteiger partial charge in [0.2, 0.25) is 0 Å². The van der Waals surface area contributed by atoms with Gasteiger partial charge in [0.15, 0.2) is 6.29 Å². The van der Waals surface area contributed by atoms with Gasteiger partial charge in [-0.15, -0.1) is 0 Å². The number of esters is 1. The quantitative estimate of drug-likeness (QED) is 0.247. The van der Waals surface area contributed by atoms with Crippen molar-refractivity contribution in [2.24, 2.45) is 0 Å². The average molecular weight is 294 g/mol. The van der Waals surface area contributed by atoms with Gasteiger partial charge >= 0.3 is 11.9 Å². The standard InChI is InChI=1S/C6H10O4.C4H6O2.C2H6O2/c1-4(2)6(9)10-3-5(7)8;1-3(2)4(5)6;3-1-2-4/h5,7-8H,1,3H2,2H3;1H2,2H3,(H,5,6);3-4H,1-2H2. The molecular weight excluding hydrogens is 272 g/mol. The van der Waals surface area contributed by atoms with E-state index >= 15 is 0 Å². The van der Waals surface area contributed by atoms with Crippen molar-refractivity contribution in [3.63, 3.8) is 0 Å². The topological polar surface area (TPSA) is 145 Å². The van der Waals surface area contributed by atoms with Crippen molar-refractivity contribution in [3.8, 4) is 0 Å². The van der Waals surface area contributed by atoms with Crippen LogP contribution in [0.2, 0.25) is 0 Å². The molecule has 118 valence electrons. The lowest BCUT2D eigenvalue weighted by Gasteiger charge is -2.04. The first-order valence-electron chi connectivity index (χ1n) is 5.39. The molecule has 0 fully saturated rings. The molecule has 0 aromatic rings. The van der Waals surface area contributed by atoms with Crippen LogP contribution in [0.1, 0.15) is 13.8 Å². The van der Waals surface area contributed by atoms with Gasteiger partial charge in [-0.1, -0.05) is 13.2 Å². The molecule has 0 atom stereocenters. The molecule has 0 aliphatic rings. The van der Waals surface area contributed by atoms with Crippen LogP contribution in [0.25, 0.3) is 0 Å². The van der Waals surface area contributed by atoms with Crippen LogP contribution in [0.15, 0.2) is 24.3 Å². The summed E-state index contributed by atoms with van der Waals surface area (Å²) in [5.74, 6) is -1.55. The third-order valence-electron chi connectivity index (χ3n) is 1.18. The molecule has 8 heteroatoms. The Morgan fingerprint density at radius 3 is 1.55 bits per heavy atom. The van der Waals surface area contributed by atoms with Gasteiger partial charge in [0.25, 0.3) is 0 Å². The molecule has 0 unspecified atom stereocenters. The van der Waals surface area contributed by atoms with E-state index in [2.05, 4.69) is 17.9 Å². The van der Waals surface area contributed by atoms with E-state index in [0.29, 0.717) is 0 Å². The maximum absolute atomic E-state index is 10.5. The Bertz CT molecular complexity index is 295. The van der Waals surface area contributed by atoms with Crippen LogP contribution in [-0.4, -0.2) is 63.6 Å². The van der Waals surface area contributed by atoms with E-state index < -0.39 is 24.8 Å². The molecule has 0 aliphatic carbocycles. The molecule has 0 bridgehead atoms. The average Bonchev–Trinajstić information content (AvgIpc) is 2.36. The number of carbonyl (C=O) groups excluding carboxylic acids is 1. The summed E-state index contributed by atoms with van der Waals surface area (Å²) in [5, 5.41) is 39.6. The van der Waals surface area contributed by atoms with Crippen LogP contribution in [0.4, 0.5) is 0 Å². The fourth-order valence-corrected chi connectivity index (χ4v) is 0.273. The predicted molar refractivity (Wildman–Crippen MR) is 70.6 cm³/mol. The number of rotatable bonds is 5. The van der Waals surface area contributed by atoms with Crippen molar-refractivity contribution in [3.05, 3.63) is 24.3 Å². The number of carbonyl (C=O) groups is 2. The summed E-state index contributed by atoms with van der Waals surface area (Å²) in [5.41, 5.74) is 0.413. The third-order valence-corrected chi connectivity index (χ3v) is 1.18. The second-order valence-electron chi connectivity index (χ2n) is 3.39. The Labute approximate surface area is 117 Å². The second-order valence-corrected chi connectivity index (χ2v) is 3.39. The monoisotopic (exact) mass is 294 g/mol. The molecule has 0 saturated carbocycles. The summed E-state index contributed by atoms with van der Waals surface area (Å²) >= 11 is 0. The zero-order valence-electron chi connectivity index (χ0n) is 11.6. The van der Waals surface area contributed by atoms with E-state index in [1.807, 2.05) is 0 Å². The Balaban J connectivity index is -0.000000246. The van der Waals surface area contributed by atoms with Gasteiger partial charge in [-0.05, 0) is 13.8 Å². The number of aliphatic carboxylic acids is 1. The van der Waals surface area contributed by atoms with Gasteiger partial charge in [0, 0.05) is 11.1 Å². The molecule has 0 spiro atoms. The predicted octanol–water partition coefficient (Wildman–Crippen LogP) is -0.965. The zero-order chi connectivity index (χ0) is 16.7. The third kappa shape index (κ3) is 25.2. The highest BCUT2D eigenvalue weighted by Crippen LogP contribution is 1.91. The van der Waals surface area contributed by atoms with Gasteiger partial charge in [-0.2, -0.15) is 0 Å². The van der Waals surface area contributed by atoms with E-state index in [4.69, 9.17) is 25.5 Å². The van der Waals surface area contributed by atoms with Gasteiger partial charge in [0.1, 0.15) is 6.61 Å². The summed E-state index contributed by atoms with van der Waals surface area (Å²) in [6.07, 6.45) is -1.61. The fourth-order valence-electron chi connectivity index (χ4n) is 0.273. The maximum atomic E-state index is 10.5. The van der Waals surface area contributed by atoms with Crippen LogP contribution in [0, 0.1) is 0 Å². The van der Waals surface area contributed by atoms with Crippen molar-refractivity contribution in [2.75, 3.05) is 19.8 Å². The molecule has 0 amide bonds. The van der Waals surface area contributed by atoms with Crippen LogP contribution < -0.4 is 0 Å². The highest BCUT2D eigenvalue weighted by molar-refractivity contribution is 5.86. The van der Waals surface area contributed by atoms with E-state index in [1.165, 1.54) is 13.8 Å². The van der Waals surface area contributed by atoms with Crippen molar-refractivity contribution >= 4 is 11.9 Å². The first-order valence-corrected chi connectivity index (χ1v) is 5.39. The SMILES string of the molecule is C=C(C)C(=O)O.C=C(C)C(=O)OCC(O)O.OCCO. The molecule has 0 heterocycles. The molecule has 0 aromatic heterocycles. The van der Waals surface area contributed by atoms with Crippen LogP contribution in [0.5, 0.6) is 0 Å². The summed E-state index contributed by atoms with van der Waals surface area (Å²) in [6.45, 7) is 8.71. The lowest BCUT2D eigenvalue weighted by atomic mass is 10.4. The Hall–Kier alpha value is -1.74. The second kappa shape index (κ2) is 15.3. The number of hydrogen-bond donors (Lipinski definition) is 5. The van der Waals surface area contributed by atoms with Crippen molar-refractivity contribution < 1.29 is 39.9 Å². The Morgan fingerprint density at radius 2 is 1.40 bits per heavy atom. The number of hydrogen-bond acceptors (Lipinski definition) is 7. The van der Waals surface area contributed by atoms with Gasteiger partial charge in [0.05, 0.1) is 13.2 Å². The summed E-state index contributed by atoms with van der Waals surface area (Å²) < 4.78 is 4.33. The molecular formula is C12H22O8. The minimum Gasteiger partial charge on any atom is -0.478 e. The van der Waals surface area contributed by atoms with E-state index in [0.717, 1.165) is 0 Å². The number of aliphatic hydroxyl groups excluding tert-OH is 3. The molecule has 8 nitrogen and oxygen atoms in total. The van der Waals surface area contributed by atoms with Gasteiger partial charge < -0.3 is 30.3 Å². The lowest BCUT2D eigenvalue weighted by molar-refractivity contribution is -0.151. The van der Waals surface area contributed by atoms with E-state index in [-0.39, 0.29) is 24.4 Å². The lowest BCUT2D eigenvalue weighted by Crippen LogP contribution is -2.17. The van der Waals surface area contributed by atoms with Crippen LogP contribution in [0.3, 0.4) is 0 Å². The summed E-state index contributed by atoms with van der Waals surface area (Å²) in [4.78, 5) is 20.1. The van der Waals surface area contributed by atoms with Crippen molar-refractivity contribution in [2.45, 2.75) is 20.1 Å². The molecule has 5 N–H and O–H groups in total. The van der Waals surface area contributed by atoms with Crippen molar-refractivity contribution in [1.29, 1.82) is 0 Å². The maximum Gasteiger partial charge on any atom is 0.333 e. The zero-order valence-corrected chi connectivity index (χ0v) is 11.6. The van der Waals surface area contributed by atoms with E-state index in [9.17, 15) is 9.59 Å². The molecule has 0 radical (unpaired) electrons. The molecule has 0 saturated heterocycles. The number of aliphatic hydroxyl groups is 4. The highest BCUT2D eigenvalue weighted by atomic mass is 16.6. The highest BCUT2D eigenvalue weighted by Gasteiger charge is 2.04. The summed E-state index contributed by atoms with van der Waals surface area (Å²) in [7, 11) is 0. The largest absolute Gasteiger partial charge is 0.478 e. The molecule has 0 aromatic carbocycles. The Morgan fingerprint density at radius 1 is 1.05 bits per heavy atom. The van der Waals surface area contributed by atoms with Crippen molar-refractivity contribution in [1.82, 2.24) is 0 Å². The van der Waals surface area contributed by atoms with Gasteiger partial charge in [-0.3, -0.25) is 0 Å². The fraction of sp³-hybridized carbons (Fsp3) is 0.500. The summed E-state index contributed by atoms with van der Waals surface area (Å²) in [6, 6.07) is 0. The molecule has 20 heavy (non-hydrogen) atoms. The molecule has 0 rings (SSSR count). The number of carboxylic acid groups (broad SMARTS) is 1. The number of ether oxygens (including phenoxy) is 1. The smallest absolute Gasteiger partial charge is 0.333 e. The minimum absolute atomic E-state index is 0.125. The first kappa shape index (κ1) is 23.4. The Kier molecular flexibility index (Phi) is 17.9. The van der Waals surface area contributed by atoms with Crippen LogP contribution in [-0.2, 0) is 14.3 Å². The van der Waals surface area contributed by atoms with Crippen LogP contribution >= 0.6 is 0 Å². The normalized spacial score (nSPS) is 8.55. The molecule has 0 aliphatic heterocycles.